The first kappa shape index (κ1) is 25.9. The maximum Gasteiger partial charge on any atom is 0.191 e. The Labute approximate surface area is 182 Å². The summed E-state index contributed by atoms with van der Waals surface area (Å²) in [6.45, 7) is 16.5. The van der Waals surface area contributed by atoms with Crippen molar-refractivity contribution in [3.05, 3.63) is 23.9 Å². The molecule has 0 aliphatic heterocycles. The fourth-order valence-corrected chi connectivity index (χ4v) is 2.46. The van der Waals surface area contributed by atoms with Gasteiger partial charge in [0.2, 0.25) is 0 Å². The van der Waals surface area contributed by atoms with Gasteiger partial charge < -0.3 is 20.3 Å². The third kappa shape index (κ3) is 11.4. The van der Waals surface area contributed by atoms with Crippen molar-refractivity contribution < 1.29 is 4.74 Å². The molecule has 0 amide bonds. The number of nitrogens with one attached hydrogen (secondary N) is 2. The van der Waals surface area contributed by atoms with Crippen LogP contribution < -0.4 is 15.5 Å². The molecule has 0 saturated heterocycles. The predicted octanol–water partition coefficient (Wildman–Crippen LogP) is 3.66. The van der Waals surface area contributed by atoms with Crippen LogP contribution in [0.2, 0.25) is 0 Å². The zero-order valence-corrected chi connectivity index (χ0v) is 20.0. The number of ether oxygens (including phenoxy) is 1. The number of aromatic nitrogens is 1. The highest BCUT2D eigenvalue weighted by molar-refractivity contribution is 14.0. The summed E-state index contributed by atoms with van der Waals surface area (Å²) in [6, 6.07) is 4.18. The topological polar surface area (TPSA) is 61.8 Å². The minimum atomic E-state index is 0. The molecule has 6 nitrogen and oxygen atoms in total. The first-order valence-electron chi connectivity index (χ1n) is 9.90. The lowest BCUT2D eigenvalue weighted by molar-refractivity contribution is 0.108. The van der Waals surface area contributed by atoms with Crippen LogP contribution in [0.3, 0.4) is 0 Å². The van der Waals surface area contributed by atoms with E-state index in [4.69, 9.17) is 4.74 Å². The van der Waals surface area contributed by atoms with Crippen LogP contribution in [-0.2, 0) is 11.3 Å². The molecule has 0 radical (unpaired) electrons. The Bertz CT molecular complexity index is 504. The SMILES string of the molecule is CCNC(=NCc1ccc(N(CC)CC)nc1)NCCCOCC(C)C.I. The number of aliphatic imine (C=N–C) groups is 1. The number of halogens is 1. The third-order valence-electron chi connectivity index (χ3n) is 3.87. The Balaban J connectivity index is 0.00000676. The van der Waals surface area contributed by atoms with Crippen molar-refractivity contribution >= 4 is 35.8 Å². The Morgan fingerprint density at radius 1 is 1.19 bits per heavy atom. The van der Waals surface area contributed by atoms with Gasteiger partial charge in [-0.1, -0.05) is 19.9 Å². The van der Waals surface area contributed by atoms with Crippen molar-refractivity contribution in [2.24, 2.45) is 10.9 Å². The Kier molecular flexibility index (Phi) is 15.3. The summed E-state index contributed by atoms with van der Waals surface area (Å²) >= 11 is 0. The first-order valence-corrected chi connectivity index (χ1v) is 9.90. The van der Waals surface area contributed by atoms with E-state index in [1.54, 1.807) is 0 Å². The van der Waals surface area contributed by atoms with Crippen molar-refractivity contribution in [1.29, 1.82) is 0 Å². The first-order chi connectivity index (χ1) is 12.6. The summed E-state index contributed by atoms with van der Waals surface area (Å²) in [5.74, 6) is 2.45. The van der Waals surface area contributed by atoms with Gasteiger partial charge in [0.15, 0.2) is 5.96 Å². The van der Waals surface area contributed by atoms with Crippen molar-refractivity contribution in [2.45, 2.75) is 47.6 Å². The average molecular weight is 491 g/mol. The number of anilines is 1. The van der Waals surface area contributed by atoms with E-state index in [0.717, 1.165) is 63.2 Å². The molecule has 0 aromatic carbocycles. The summed E-state index contributed by atoms with van der Waals surface area (Å²) in [7, 11) is 0. The van der Waals surface area contributed by atoms with Gasteiger partial charge in [0, 0.05) is 45.6 Å². The second-order valence-electron chi connectivity index (χ2n) is 6.64. The van der Waals surface area contributed by atoms with Gasteiger partial charge in [0.1, 0.15) is 5.82 Å². The van der Waals surface area contributed by atoms with Crippen LogP contribution in [0.15, 0.2) is 23.3 Å². The molecule has 0 atom stereocenters. The van der Waals surface area contributed by atoms with E-state index in [1.165, 1.54) is 0 Å². The van der Waals surface area contributed by atoms with Crippen LogP contribution in [0.25, 0.3) is 0 Å². The van der Waals surface area contributed by atoms with Crippen LogP contribution in [0.5, 0.6) is 0 Å². The van der Waals surface area contributed by atoms with Crippen LogP contribution >= 0.6 is 24.0 Å². The van der Waals surface area contributed by atoms with E-state index in [1.807, 2.05) is 6.20 Å². The smallest absolute Gasteiger partial charge is 0.191 e. The summed E-state index contributed by atoms with van der Waals surface area (Å²) < 4.78 is 5.60. The lowest BCUT2D eigenvalue weighted by Crippen LogP contribution is -2.38. The fourth-order valence-electron chi connectivity index (χ4n) is 2.46. The molecule has 156 valence electrons. The molecule has 1 aromatic heterocycles. The van der Waals surface area contributed by atoms with Crippen molar-refractivity contribution in [1.82, 2.24) is 15.6 Å². The van der Waals surface area contributed by atoms with Crippen molar-refractivity contribution in [3.8, 4) is 0 Å². The number of guanidine groups is 1. The molecule has 0 spiro atoms. The fraction of sp³-hybridized carbons (Fsp3) is 0.700. The van der Waals surface area contributed by atoms with E-state index in [0.29, 0.717) is 12.5 Å². The molecule has 0 aliphatic rings. The molecule has 0 unspecified atom stereocenters. The monoisotopic (exact) mass is 491 g/mol. The molecule has 1 heterocycles. The normalized spacial score (nSPS) is 11.3. The number of hydrogen-bond acceptors (Lipinski definition) is 4. The molecule has 0 aliphatic carbocycles. The zero-order valence-electron chi connectivity index (χ0n) is 17.6. The van der Waals surface area contributed by atoms with Gasteiger partial charge in [-0.2, -0.15) is 0 Å². The Morgan fingerprint density at radius 2 is 1.93 bits per heavy atom. The highest BCUT2D eigenvalue weighted by atomic mass is 127. The quantitative estimate of drug-likeness (QED) is 0.202. The molecule has 0 fully saturated rings. The summed E-state index contributed by atoms with van der Waals surface area (Å²) in [5.41, 5.74) is 1.11. The van der Waals surface area contributed by atoms with Gasteiger partial charge in [0.05, 0.1) is 6.54 Å². The van der Waals surface area contributed by atoms with Crippen LogP contribution in [-0.4, -0.2) is 50.3 Å². The van der Waals surface area contributed by atoms with Gasteiger partial charge >= 0.3 is 0 Å². The Morgan fingerprint density at radius 3 is 2.48 bits per heavy atom. The summed E-state index contributed by atoms with van der Waals surface area (Å²) in [5, 5.41) is 6.64. The zero-order chi connectivity index (χ0) is 19.2. The van der Waals surface area contributed by atoms with Gasteiger partial charge in [-0.3, -0.25) is 0 Å². The second kappa shape index (κ2) is 15.9. The largest absolute Gasteiger partial charge is 0.381 e. The van der Waals surface area contributed by atoms with Gasteiger partial charge in [0.25, 0.3) is 0 Å². The van der Waals surface area contributed by atoms with Gasteiger partial charge in [-0.15, -0.1) is 24.0 Å². The second-order valence-corrected chi connectivity index (χ2v) is 6.64. The molecule has 1 aromatic rings. The molecule has 1 rings (SSSR count). The minimum Gasteiger partial charge on any atom is -0.381 e. The molecule has 27 heavy (non-hydrogen) atoms. The Hall–Kier alpha value is -1.09. The number of nitrogens with zero attached hydrogens (tertiary/aromatic N) is 3. The average Bonchev–Trinajstić information content (AvgIpc) is 2.64. The van der Waals surface area contributed by atoms with E-state index in [2.05, 4.69) is 72.3 Å². The van der Waals surface area contributed by atoms with Crippen LogP contribution in [0.1, 0.15) is 46.6 Å². The van der Waals surface area contributed by atoms with E-state index in [-0.39, 0.29) is 24.0 Å². The van der Waals surface area contributed by atoms with E-state index in [9.17, 15) is 0 Å². The minimum absolute atomic E-state index is 0. The molecule has 7 heteroatoms. The van der Waals surface area contributed by atoms with Crippen molar-refractivity contribution in [3.63, 3.8) is 0 Å². The van der Waals surface area contributed by atoms with E-state index < -0.39 is 0 Å². The molecule has 0 saturated carbocycles. The van der Waals surface area contributed by atoms with Gasteiger partial charge in [-0.05, 0) is 44.7 Å². The molecule has 2 N–H and O–H groups in total. The predicted molar refractivity (Wildman–Crippen MR) is 126 cm³/mol. The maximum absolute atomic E-state index is 5.60. The maximum atomic E-state index is 5.60. The number of rotatable bonds is 12. The third-order valence-corrected chi connectivity index (χ3v) is 3.87. The standard InChI is InChI=1S/C20H37N5O.HI/c1-6-21-20(22-12-9-13-26-16-17(4)5)24-15-18-10-11-19(23-14-18)25(7-2)8-3;/h10-11,14,17H,6-9,12-13,15-16H2,1-5H3,(H2,21,22,24);1H. The van der Waals surface area contributed by atoms with Crippen LogP contribution in [0.4, 0.5) is 5.82 Å². The van der Waals surface area contributed by atoms with E-state index >= 15 is 0 Å². The number of hydrogen-bond donors (Lipinski definition) is 2. The lowest BCUT2D eigenvalue weighted by Gasteiger charge is -2.19. The molecular weight excluding hydrogens is 453 g/mol. The lowest BCUT2D eigenvalue weighted by atomic mass is 10.2. The summed E-state index contributed by atoms with van der Waals surface area (Å²) in [4.78, 5) is 11.4. The van der Waals surface area contributed by atoms with Crippen LogP contribution in [0, 0.1) is 5.92 Å². The molecule has 0 bridgehead atoms. The number of pyridine rings is 1. The summed E-state index contributed by atoms with van der Waals surface area (Å²) in [6.07, 6.45) is 2.89. The van der Waals surface area contributed by atoms with Gasteiger partial charge in [-0.25, -0.2) is 9.98 Å². The highest BCUT2D eigenvalue weighted by Gasteiger charge is 2.03. The van der Waals surface area contributed by atoms with Crippen molar-refractivity contribution in [2.75, 3.05) is 44.3 Å². The highest BCUT2D eigenvalue weighted by Crippen LogP contribution is 2.11. The molecular formula is C20H38IN5O.